The van der Waals surface area contributed by atoms with Crippen LogP contribution in [-0.4, -0.2) is 0 Å². The summed E-state index contributed by atoms with van der Waals surface area (Å²) in [5.41, 5.74) is 5.96. The van der Waals surface area contributed by atoms with Crippen LogP contribution in [0.1, 0.15) is 45.2 Å². The van der Waals surface area contributed by atoms with Crippen molar-refractivity contribution < 1.29 is 0 Å². The van der Waals surface area contributed by atoms with E-state index in [1.807, 2.05) is 0 Å². The first kappa shape index (κ1) is 12.9. The molecule has 0 saturated heterocycles. The summed E-state index contributed by atoms with van der Waals surface area (Å²) in [6.07, 6.45) is 5.63. The van der Waals surface area contributed by atoms with Gasteiger partial charge in [-0.2, -0.15) is 0 Å². The van der Waals surface area contributed by atoms with Crippen LogP contribution in [0.5, 0.6) is 0 Å². The summed E-state index contributed by atoms with van der Waals surface area (Å²) in [5, 5.41) is 0. The van der Waals surface area contributed by atoms with Gasteiger partial charge in [-0.1, -0.05) is 44.6 Å². The van der Waals surface area contributed by atoms with E-state index in [1.165, 1.54) is 25.8 Å². The molecule has 0 heterocycles. The van der Waals surface area contributed by atoms with Crippen LogP contribution in [0.4, 0.5) is 0 Å². The van der Waals surface area contributed by atoms with Gasteiger partial charge in [-0.05, 0) is 64.8 Å². The predicted octanol–water partition coefficient (Wildman–Crippen LogP) is 5.32. The van der Waals surface area contributed by atoms with Gasteiger partial charge in [-0.15, -0.1) is 0 Å². The number of rotatable bonds is 2. The Hall–Kier alpha value is -0.570. The smallest absolute Gasteiger partial charge is 0.0133 e. The molecule has 0 spiro atoms. The Kier molecular flexibility index (Phi) is 3.48. The molecule has 0 nitrogen and oxygen atoms in total. The van der Waals surface area contributed by atoms with E-state index in [9.17, 15) is 0 Å². The van der Waals surface area contributed by atoms with Crippen LogP contribution in [0, 0.1) is 3.57 Å². The van der Waals surface area contributed by atoms with Crippen LogP contribution < -0.4 is 0 Å². The lowest BCUT2D eigenvalue weighted by molar-refractivity contribution is 0.638. The minimum absolute atomic E-state index is 0.171. The van der Waals surface area contributed by atoms with Gasteiger partial charge in [0.25, 0.3) is 0 Å². The molecule has 1 aliphatic carbocycles. The number of benzene rings is 1. The van der Waals surface area contributed by atoms with E-state index in [0.717, 1.165) is 6.42 Å². The second-order valence-corrected chi connectivity index (χ2v) is 6.41. The lowest BCUT2D eigenvalue weighted by Crippen LogP contribution is -2.15. The normalized spacial score (nSPS) is 17.9. The van der Waals surface area contributed by atoms with E-state index in [4.69, 9.17) is 0 Å². The summed E-state index contributed by atoms with van der Waals surface area (Å²) in [6.45, 7) is 9.09. The molecule has 0 amide bonds. The largest absolute Gasteiger partial charge is 0.0842 e. The van der Waals surface area contributed by atoms with Crippen LogP contribution in [0.2, 0.25) is 0 Å². The molecule has 1 heteroatoms. The van der Waals surface area contributed by atoms with Crippen molar-refractivity contribution >= 4 is 28.2 Å². The van der Waals surface area contributed by atoms with Crippen molar-refractivity contribution in [2.24, 2.45) is 0 Å². The van der Waals surface area contributed by atoms with Gasteiger partial charge in [0.05, 0.1) is 0 Å². The van der Waals surface area contributed by atoms with Crippen molar-refractivity contribution in [3.8, 4) is 0 Å². The highest BCUT2D eigenvalue weighted by molar-refractivity contribution is 14.1. The van der Waals surface area contributed by atoms with Crippen molar-refractivity contribution in [3.05, 3.63) is 50.6 Å². The van der Waals surface area contributed by atoms with Crippen LogP contribution in [0.25, 0.3) is 5.57 Å². The number of hydrogen-bond donors (Lipinski definition) is 0. The summed E-state index contributed by atoms with van der Waals surface area (Å²) in [5.74, 6) is 0. The third kappa shape index (κ3) is 2.10. The molecule has 17 heavy (non-hydrogen) atoms. The van der Waals surface area contributed by atoms with Crippen molar-refractivity contribution in [1.29, 1.82) is 0 Å². The van der Waals surface area contributed by atoms with Crippen LogP contribution >= 0.6 is 22.6 Å². The van der Waals surface area contributed by atoms with Gasteiger partial charge >= 0.3 is 0 Å². The molecular weight excluding hydrogens is 319 g/mol. The van der Waals surface area contributed by atoms with E-state index in [0.29, 0.717) is 0 Å². The number of halogens is 1. The third-order valence-corrected chi connectivity index (χ3v) is 4.48. The van der Waals surface area contributed by atoms with Crippen molar-refractivity contribution in [3.63, 3.8) is 0 Å². The second-order valence-electron chi connectivity index (χ2n) is 5.16. The van der Waals surface area contributed by atoms with Gasteiger partial charge in [0.2, 0.25) is 0 Å². The molecule has 0 unspecified atom stereocenters. The minimum atomic E-state index is 0.171. The van der Waals surface area contributed by atoms with Crippen LogP contribution in [-0.2, 0) is 5.41 Å². The fraction of sp³-hybridized carbons (Fsp3) is 0.375. The lowest BCUT2D eigenvalue weighted by atomic mass is 9.82. The summed E-state index contributed by atoms with van der Waals surface area (Å²) >= 11 is 2.40. The summed E-state index contributed by atoms with van der Waals surface area (Å²) < 4.78 is 1.32. The first-order chi connectivity index (χ1) is 7.98. The molecular formula is C16H19I. The van der Waals surface area contributed by atoms with Crippen molar-refractivity contribution in [2.45, 2.75) is 39.5 Å². The minimum Gasteiger partial charge on any atom is -0.0842 e. The Balaban J connectivity index is 2.62. The van der Waals surface area contributed by atoms with E-state index < -0.39 is 0 Å². The molecule has 0 aromatic heterocycles. The highest BCUT2D eigenvalue weighted by atomic mass is 127. The predicted molar refractivity (Wildman–Crippen MR) is 84.2 cm³/mol. The molecule has 0 atom stereocenters. The molecule has 90 valence electrons. The number of allylic oxidation sites excluding steroid dienone is 4. The zero-order chi connectivity index (χ0) is 12.6. The van der Waals surface area contributed by atoms with Gasteiger partial charge in [-0.3, -0.25) is 0 Å². The zero-order valence-corrected chi connectivity index (χ0v) is 13.1. The quantitative estimate of drug-likeness (QED) is 0.640. The van der Waals surface area contributed by atoms with Gasteiger partial charge in [0, 0.05) is 8.99 Å². The standard InChI is InChI=1S/C16H19I/c1-5-6-7-13-11(2)16(3,4)15-10-12(17)8-9-14(13)15/h6-10H,5H2,1-4H3/b7-6-. The molecule has 1 aliphatic rings. The summed E-state index contributed by atoms with van der Waals surface area (Å²) in [6, 6.07) is 6.80. The molecule has 0 saturated carbocycles. The molecule has 0 fully saturated rings. The highest BCUT2D eigenvalue weighted by Gasteiger charge is 2.34. The van der Waals surface area contributed by atoms with Gasteiger partial charge in [0.15, 0.2) is 0 Å². The molecule has 0 N–H and O–H groups in total. The summed E-state index contributed by atoms with van der Waals surface area (Å²) in [4.78, 5) is 0. The Bertz CT molecular complexity index is 504. The molecule has 1 aromatic rings. The topological polar surface area (TPSA) is 0 Å². The van der Waals surface area contributed by atoms with E-state index in [1.54, 1.807) is 0 Å². The van der Waals surface area contributed by atoms with E-state index in [-0.39, 0.29) is 5.41 Å². The molecule has 2 rings (SSSR count). The zero-order valence-electron chi connectivity index (χ0n) is 11.0. The molecule has 0 radical (unpaired) electrons. The fourth-order valence-corrected chi connectivity index (χ4v) is 2.95. The second kappa shape index (κ2) is 4.60. The average Bonchev–Trinajstić information content (AvgIpc) is 2.47. The number of fused-ring (bicyclic) bond motifs is 1. The van der Waals surface area contributed by atoms with Crippen LogP contribution in [0.15, 0.2) is 35.9 Å². The molecule has 0 aliphatic heterocycles. The Morgan fingerprint density at radius 1 is 1.29 bits per heavy atom. The highest BCUT2D eigenvalue weighted by Crippen LogP contribution is 2.46. The lowest BCUT2D eigenvalue weighted by Gasteiger charge is -2.22. The maximum absolute atomic E-state index is 2.40. The summed E-state index contributed by atoms with van der Waals surface area (Å²) in [7, 11) is 0. The third-order valence-electron chi connectivity index (χ3n) is 3.81. The number of hydrogen-bond acceptors (Lipinski definition) is 0. The SMILES string of the molecule is CC/C=C\C1=C(C)C(C)(C)c2cc(I)ccc21. The van der Waals surface area contributed by atoms with E-state index in [2.05, 4.69) is 80.6 Å². The molecule has 0 bridgehead atoms. The Morgan fingerprint density at radius 3 is 2.65 bits per heavy atom. The Morgan fingerprint density at radius 2 is 2.00 bits per heavy atom. The Labute approximate surface area is 118 Å². The maximum atomic E-state index is 2.40. The first-order valence-corrected chi connectivity index (χ1v) is 7.24. The van der Waals surface area contributed by atoms with Crippen molar-refractivity contribution in [2.75, 3.05) is 0 Å². The first-order valence-electron chi connectivity index (χ1n) is 6.16. The van der Waals surface area contributed by atoms with Gasteiger partial charge < -0.3 is 0 Å². The van der Waals surface area contributed by atoms with E-state index >= 15 is 0 Å². The van der Waals surface area contributed by atoms with Crippen LogP contribution in [0.3, 0.4) is 0 Å². The monoisotopic (exact) mass is 338 g/mol. The van der Waals surface area contributed by atoms with Gasteiger partial charge in [-0.25, -0.2) is 0 Å². The van der Waals surface area contributed by atoms with Gasteiger partial charge in [0.1, 0.15) is 0 Å². The maximum Gasteiger partial charge on any atom is 0.0133 e. The van der Waals surface area contributed by atoms with Crippen molar-refractivity contribution in [1.82, 2.24) is 0 Å². The fourth-order valence-electron chi connectivity index (χ4n) is 2.46. The molecule has 1 aromatic carbocycles. The average molecular weight is 338 g/mol.